The van der Waals surface area contributed by atoms with Gasteiger partial charge >= 0.3 is 0 Å². The van der Waals surface area contributed by atoms with Crippen LogP contribution in [-0.2, 0) is 0 Å². The van der Waals surface area contributed by atoms with Crippen molar-refractivity contribution in [3.63, 3.8) is 0 Å². The lowest BCUT2D eigenvalue weighted by atomic mass is 10.0. The number of nitrogens with zero attached hydrogens (tertiary/aromatic N) is 2. The van der Waals surface area contributed by atoms with E-state index >= 15 is 0 Å². The van der Waals surface area contributed by atoms with E-state index in [2.05, 4.69) is 9.79 Å². The van der Waals surface area contributed by atoms with Crippen LogP contribution in [0.15, 0.2) is 41.0 Å². The second-order valence-electron chi connectivity index (χ2n) is 5.92. The number of benzene rings is 2. The largest absolute Gasteiger partial charge is 0.454 e. The van der Waals surface area contributed by atoms with E-state index in [0.717, 1.165) is 0 Å². The van der Waals surface area contributed by atoms with Gasteiger partial charge < -0.3 is 24.2 Å². The van der Waals surface area contributed by atoms with Crippen molar-refractivity contribution in [2.45, 2.75) is 0 Å². The number of ether oxygens (including phenoxy) is 4. The fraction of sp³-hybridized carbons (Fsp3) is 0.111. The monoisotopic (exact) mass is 382 g/mol. The molecule has 0 saturated heterocycles. The maximum Gasteiger partial charge on any atom is 0.300 e. The molecule has 0 unspecified atom stereocenters. The van der Waals surface area contributed by atoms with Gasteiger partial charge in [-0.15, -0.1) is 0 Å². The Kier molecular flexibility index (Phi) is 3.44. The highest BCUT2D eigenvalue weighted by Crippen LogP contribution is 2.34. The molecule has 2 aliphatic heterocycles. The van der Waals surface area contributed by atoms with Gasteiger partial charge in [0.2, 0.25) is 25.2 Å². The number of fused-ring (bicyclic) bond motifs is 2. The predicted octanol–water partition coefficient (Wildman–Crippen LogP) is 1.23. The molecule has 0 atom stereocenters. The molecule has 140 valence electrons. The zero-order valence-corrected chi connectivity index (χ0v) is 14.0. The molecule has 1 aromatic heterocycles. The van der Waals surface area contributed by atoms with Gasteiger partial charge in [0, 0.05) is 11.1 Å². The van der Waals surface area contributed by atoms with E-state index in [4.69, 9.17) is 18.9 Å². The molecule has 0 bridgehead atoms. The standard InChI is InChI=1S/C18H10N2O8/c21-17(9-1-3-11-13(5-9)26-7-24-11)15-16(20(23)28-19-15)18(22)10-2-4-12-14(6-10)27-8-25-12/h1-6H,7-8H2. The van der Waals surface area contributed by atoms with Crippen molar-refractivity contribution in [2.24, 2.45) is 0 Å². The van der Waals surface area contributed by atoms with Crippen molar-refractivity contribution in [1.82, 2.24) is 5.16 Å². The van der Waals surface area contributed by atoms with Gasteiger partial charge in [0.15, 0.2) is 23.0 Å². The van der Waals surface area contributed by atoms with Crippen molar-refractivity contribution in [3.8, 4) is 23.0 Å². The minimum Gasteiger partial charge on any atom is -0.454 e. The van der Waals surface area contributed by atoms with Crippen molar-refractivity contribution in [3.05, 3.63) is 64.1 Å². The van der Waals surface area contributed by atoms with Crippen LogP contribution in [0.25, 0.3) is 0 Å². The number of carbonyl (C=O) groups excluding carboxylic acids is 2. The summed E-state index contributed by atoms with van der Waals surface area (Å²) in [5.41, 5.74) is -0.646. The van der Waals surface area contributed by atoms with E-state index in [0.29, 0.717) is 23.0 Å². The fourth-order valence-electron chi connectivity index (χ4n) is 2.94. The average Bonchev–Trinajstić information content (AvgIpc) is 3.44. The highest BCUT2D eigenvalue weighted by atomic mass is 16.8. The van der Waals surface area contributed by atoms with Crippen LogP contribution in [-0.4, -0.2) is 30.3 Å². The Bertz CT molecular complexity index is 1140. The molecular weight excluding hydrogens is 372 g/mol. The van der Waals surface area contributed by atoms with E-state index < -0.39 is 23.0 Å². The average molecular weight is 382 g/mol. The normalized spacial score (nSPS) is 13.6. The van der Waals surface area contributed by atoms with Gasteiger partial charge in [0.25, 0.3) is 11.4 Å². The molecule has 0 aliphatic carbocycles. The summed E-state index contributed by atoms with van der Waals surface area (Å²) in [5.74, 6) is 0.316. The van der Waals surface area contributed by atoms with Crippen molar-refractivity contribution in [1.29, 1.82) is 0 Å². The summed E-state index contributed by atoms with van der Waals surface area (Å²) in [6.07, 6.45) is 0. The Hall–Kier alpha value is -4.08. The quantitative estimate of drug-likeness (QED) is 0.484. The molecule has 28 heavy (non-hydrogen) atoms. The summed E-state index contributed by atoms with van der Waals surface area (Å²) >= 11 is 0. The first-order chi connectivity index (χ1) is 13.6. The van der Waals surface area contributed by atoms with E-state index in [1.54, 1.807) is 6.07 Å². The summed E-state index contributed by atoms with van der Waals surface area (Å²) in [6.45, 7) is 0.0843. The first-order valence-corrected chi connectivity index (χ1v) is 8.10. The Labute approximate surface area is 156 Å². The van der Waals surface area contributed by atoms with Gasteiger partial charge in [0.05, 0.1) is 5.16 Å². The molecule has 0 spiro atoms. The minimum atomic E-state index is -0.737. The van der Waals surface area contributed by atoms with Crippen LogP contribution in [0.5, 0.6) is 23.0 Å². The summed E-state index contributed by atoms with van der Waals surface area (Å²) in [5, 5.41) is 15.5. The lowest BCUT2D eigenvalue weighted by Gasteiger charge is -2.02. The van der Waals surface area contributed by atoms with Crippen molar-refractivity contribution >= 4 is 11.6 Å². The third-order valence-corrected chi connectivity index (χ3v) is 4.31. The molecule has 10 nitrogen and oxygen atoms in total. The molecule has 10 heteroatoms. The summed E-state index contributed by atoms with van der Waals surface area (Å²) < 4.78 is 25.4. The number of hydrogen-bond donors (Lipinski definition) is 0. The van der Waals surface area contributed by atoms with Crippen LogP contribution in [0.3, 0.4) is 0 Å². The summed E-state index contributed by atoms with van der Waals surface area (Å²) in [7, 11) is 0. The van der Waals surface area contributed by atoms with Gasteiger partial charge in [-0.2, -0.15) is 0 Å². The Morgan fingerprint density at radius 3 is 1.96 bits per heavy atom. The smallest absolute Gasteiger partial charge is 0.300 e. The second-order valence-corrected chi connectivity index (χ2v) is 5.92. The van der Waals surface area contributed by atoms with E-state index in [1.807, 2.05) is 0 Å². The second kappa shape index (κ2) is 5.98. The van der Waals surface area contributed by atoms with E-state index in [1.165, 1.54) is 30.3 Å². The molecule has 3 aromatic rings. The van der Waals surface area contributed by atoms with Gasteiger partial charge in [0.1, 0.15) is 0 Å². The summed E-state index contributed by atoms with van der Waals surface area (Å²) in [6, 6.07) is 8.90. The molecule has 0 radical (unpaired) electrons. The number of aromatic nitrogens is 2. The first kappa shape index (κ1) is 16.1. The SMILES string of the molecule is O=C(c1ccc2c(c1)OCO2)c1no[n+]([O-])c1C(=O)c1ccc2c(c1)OCO2. The van der Waals surface area contributed by atoms with Crippen molar-refractivity contribution in [2.75, 3.05) is 13.6 Å². The maximum absolute atomic E-state index is 12.9. The topological polar surface area (TPSA) is 124 Å². The highest BCUT2D eigenvalue weighted by molar-refractivity contribution is 6.17. The van der Waals surface area contributed by atoms with Crippen LogP contribution in [0.1, 0.15) is 32.1 Å². The lowest BCUT2D eigenvalue weighted by Crippen LogP contribution is -2.32. The number of carbonyl (C=O) groups is 2. The highest BCUT2D eigenvalue weighted by Gasteiger charge is 2.34. The van der Waals surface area contributed by atoms with Gasteiger partial charge in [-0.1, -0.05) is 0 Å². The molecule has 0 amide bonds. The van der Waals surface area contributed by atoms with Gasteiger partial charge in [-0.05, 0) is 41.3 Å². The number of hydrogen-bond acceptors (Lipinski definition) is 9. The zero-order valence-electron chi connectivity index (χ0n) is 14.0. The zero-order chi connectivity index (χ0) is 19.3. The minimum absolute atomic E-state index is 0.0373. The van der Waals surface area contributed by atoms with Crippen LogP contribution in [0, 0.1) is 5.21 Å². The molecule has 0 N–H and O–H groups in total. The van der Waals surface area contributed by atoms with Crippen LogP contribution >= 0.6 is 0 Å². The number of ketones is 2. The predicted molar refractivity (Wildman–Crippen MR) is 87.5 cm³/mol. The first-order valence-electron chi connectivity index (χ1n) is 8.10. The molecule has 0 fully saturated rings. The van der Waals surface area contributed by atoms with Gasteiger partial charge in [-0.25, -0.2) is 0 Å². The lowest BCUT2D eigenvalue weighted by molar-refractivity contribution is -0.803. The van der Waals surface area contributed by atoms with Gasteiger partial charge in [-0.3, -0.25) is 14.2 Å². The molecule has 2 aromatic carbocycles. The Morgan fingerprint density at radius 1 is 0.821 bits per heavy atom. The van der Waals surface area contributed by atoms with Crippen LogP contribution < -0.4 is 23.9 Å². The third kappa shape index (κ3) is 2.42. The third-order valence-electron chi connectivity index (χ3n) is 4.31. The van der Waals surface area contributed by atoms with Crippen LogP contribution in [0.2, 0.25) is 0 Å². The van der Waals surface area contributed by atoms with Crippen LogP contribution in [0.4, 0.5) is 0 Å². The van der Waals surface area contributed by atoms with Crippen molar-refractivity contribution < 1.29 is 38.1 Å². The molecule has 3 heterocycles. The summed E-state index contributed by atoms with van der Waals surface area (Å²) in [4.78, 5) is 25.6. The molecular formula is C18H10N2O8. The Morgan fingerprint density at radius 2 is 1.36 bits per heavy atom. The Balaban J connectivity index is 1.52. The fourth-order valence-corrected chi connectivity index (χ4v) is 2.94. The maximum atomic E-state index is 12.9. The van der Waals surface area contributed by atoms with E-state index in [-0.39, 0.29) is 29.6 Å². The van der Waals surface area contributed by atoms with E-state index in [9.17, 15) is 14.8 Å². The molecule has 2 aliphatic rings. The molecule has 5 rings (SSSR count). The molecule has 0 saturated carbocycles. The number of rotatable bonds is 4.